The van der Waals surface area contributed by atoms with Crippen molar-refractivity contribution in [2.75, 3.05) is 31.7 Å². The van der Waals surface area contributed by atoms with E-state index in [1.54, 1.807) is 6.20 Å². The van der Waals surface area contributed by atoms with E-state index in [2.05, 4.69) is 10.4 Å². The molecule has 1 aliphatic rings. The van der Waals surface area contributed by atoms with Gasteiger partial charge >= 0.3 is 0 Å². The molecule has 0 radical (unpaired) electrons. The average Bonchev–Trinajstić information content (AvgIpc) is 3.03. The molecule has 0 unspecified atom stereocenters. The first-order valence-corrected chi connectivity index (χ1v) is 8.55. The molecule has 0 aliphatic carbocycles. The second kappa shape index (κ2) is 8.13. The van der Waals surface area contributed by atoms with Crippen molar-refractivity contribution >= 4 is 11.6 Å². The molecule has 25 heavy (non-hydrogen) atoms. The van der Waals surface area contributed by atoms with Gasteiger partial charge in [0.1, 0.15) is 12.4 Å². The number of nitrogens with zero attached hydrogens (tertiary/aromatic N) is 2. The molecule has 2 aromatic rings. The first kappa shape index (κ1) is 17.4. The number of carbonyl (C=O) groups is 1. The van der Waals surface area contributed by atoms with Crippen LogP contribution in [0.1, 0.15) is 34.9 Å². The van der Waals surface area contributed by atoms with Gasteiger partial charge < -0.3 is 20.5 Å². The topological polar surface area (TPSA) is 91.4 Å². The lowest BCUT2D eigenvalue weighted by atomic mass is 10.1. The SMILES string of the molecule is Cc1c(C(=O)Nc2ccc(OCCN)cc2)cnn1C1CCOCC1. The van der Waals surface area contributed by atoms with Crippen molar-refractivity contribution in [1.82, 2.24) is 9.78 Å². The Balaban J connectivity index is 1.66. The lowest BCUT2D eigenvalue weighted by molar-refractivity contribution is 0.0656. The summed E-state index contributed by atoms with van der Waals surface area (Å²) in [7, 11) is 0. The van der Waals surface area contributed by atoms with E-state index in [0.29, 0.717) is 30.4 Å². The molecule has 7 heteroatoms. The van der Waals surface area contributed by atoms with E-state index in [1.807, 2.05) is 35.9 Å². The van der Waals surface area contributed by atoms with E-state index in [9.17, 15) is 4.79 Å². The average molecular weight is 344 g/mol. The fourth-order valence-corrected chi connectivity index (χ4v) is 2.95. The predicted molar refractivity (Wildman–Crippen MR) is 95.0 cm³/mol. The molecule has 1 saturated heterocycles. The van der Waals surface area contributed by atoms with Crippen LogP contribution in [0.15, 0.2) is 30.5 Å². The molecular weight excluding hydrogens is 320 g/mol. The molecule has 7 nitrogen and oxygen atoms in total. The highest BCUT2D eigenvalue weighted by atomic mass is 16.5. The van der Waals surface area contributed by atoms with Crippen molar-refractivity contribution in [2.24, 2.45) is 5.73 Å². The van der Waals surface area contributed by atoms with E-state index in [0.717, 1.165) is 37.5 Å². The maximum Gasteiger partial charge on any atom is 0.259 e. The molecule has 1 amide bonds. The number of hydrogen-bond donors (Lipinski definition) is 2. The lowest BCUT2D eigenvalue weighted by Crippen LogP contribution is -2.22. The van der Waals surface area contributed by atoms with E-state index in [4.69, 9.17) is 15.2 Å². The summed E-state index contributed by atoms with van der Waals surface area (Å²) in [6.45, 7) is 4.35. The molecule has 0 spiro atoms. The maximum atomic E-state index is 12.6. The minimum atomic E-state index is -0.161. The maximum absolute atomic E-state index is 12.6. The minimum absolute atomic E-state index is 0.161. The van der Waals surface area contributed by atoms with E-state index in [-0.39, 0.29) is 5.91 Å². The Hall–Kier alpha value is -2.38. The van der Waals surface area contributed by atoms with Gasteiger partial charge in [-0.2, -0.15) is 5.10 Å². The Bertz CT molecular complexity index is 706. The number of benzene rings is 1. The zero-order valence-corrected chi connectivity index (χ0v) is 14.4. The van der Waals surface area contributed by atoms with Gasteiger partial charge in [-0.15, -0.1) is 0 Å². The molecule has 1 fully saturated rings. The zero-order chi connectivity index (χ0) is 17.6. The summed E-state index contributed by atoms with van der Waals surface area (Å²) < 4.78 is 12.8. The van der Waals surface area contributed by atoms with Crippen molar-refractivity contribution in [2.45, 2.75) is 25.8 Å². The zero-order valence-electron chi connectivity index (χ0n) is 14.4. The summed E-state index contributed by atoms with van der Waals surface area (Å²) in [5.74, 6) is 0.568. The number of nitrogens with one attached hydrogen (secondary N) is 1. The van der Waals surface area contributed by atoms with Crippen molar-refractivity contribution in [3.05, 3.63) is 41.7 Å². The standard InChI is InChI=1S/C18H24N4O3/c1-13-17(12-20-22(13)15-6-9-24-10-7-15)18(23)21-14-2-4-16(5-3-14)25-11-8-19/h2-5,12,15H,6-11,19H2,1H3,(H,21,23). The van der Waals surface area contributed by atoms with Gasteiger partial charge in [-0.25, -0.2) is 0 Å². The molecule has 0 saturated carbocycles. The summed E-state index contributed by atoms with van der Waals surface area (Å²) in [5, 5.41) is 7.32. The van der Waals surface area contributed by atoms with Gasteiger partial charge in [0.05, 0.1) is 17.8 Å². The van der Waals surface area contributed by atoms with Gasteiger partial charge in [0.15, 0.2) is 0 Å². The molecular formula is C18H24N4O3. The number of anilines is 1. The third-order valence-corrected chi connectivity index (χ3v) is 4.32. The van der Waals surface area contributed by atoms with Crippen LogP contribution in [0.4, 0.5) is 5.69 Å². The van der Waals surface area contributed by atoms with Crippen molar-refractivity contribution in [3.63, 3.8) is 0 Å². The van der Waals surface area contributed by atoms with Crippen LogP contribution in [0.2, 0.25) is 0 Å². The van der Waals surface area contributed by atoms with Crippen molar-refractivity contribution < 1.29 is 14.3 Å². The number of hydrogen-bond acceptors (Lipinski definition) is 5. The van der Waals surface area contributed by atoms with Gasteiger partial charge in [-0.1, -0.05) is 0 Å². The Morgan fingerprint density at radius 3 is 2.76 bits per heavy atom. The molecule has 0 atom stereocenters. The fraction of sp³-hybridized carbons (Fsp3) is 0.444. The summed E-state index contributed by atoms with van der Waals surface area (Å²) >= 11 is 0. The predicted octanol–water partition coefficient (Wildman–Crippen LogP) is 2.13. The van der Waals surface area contributed by atoms with Gasteiger partial charge in [-0.05, 0) is 44.0 Å². The summed E-state index contributed by atoms with van der Waals surface area (Å²) in [5.41, 5.74) is 7.60. The molecule has 134 valence electrons. The molecule has 3 N–H and O–H groups in total. The smallest absolute Gasteiger partial charge is 0.259 e. The molecule has 1 aliphatic heterocycles. The van der Waals surface area contributed by atoms with Crippen LogP contribution in [-0.4, -0.2) is 42.1 Å². The normalized spacial score (nSPS) is 15.1. The first-order valence-electron chi connectivity index (χ1n) is 8.55. The largest absolute Gasteiger partial charge is 0.492 e. The van der Waals surface area contributed by atoms with Crippen LogP contribution in [0, 0.1) is 6.92 Å². The summed E-state index contributed by atoms with van der Waals surface area (Å²) in [6, 6.07) is 7.53. The molecule has 1 aromatic heterocycles. The van der Waals surface area contributed by atoms with Crippen LogP contribution in [0.25, 0.3) is 0 Å². The van der Waals surface area contributed by atoms with E-state index >= 15 is 0 Å². The number of rotatable bonds is 6. The molecule has 0 bridgehead atoms. The fourth-order valence-electron chi connectivity index (χ4n) is 2.95. The second-order valence-electron chi connectivity index (χ2n) is 6.05. The summed E-state index contributed by atoms with van der Waals surface area (Å²) in [4.78, 5) is 12.6. The van der Waals surface area contributed by atoms with Crippen LogP contribution in [0.5, 0.6) is 5.75 Å². The third-order valence-electron chi connectivity index (χ3n) is 4.32. The summed E-state index contributed by atoms with van der Waals surface area (Å²) in [6.07, 6.45) is 3.49. The van der Waals surface area contributed by atoms with E-state index in [1.165, 1.54) is 0 Å². The number of carbonyl (C=O) groups excluding carboxylic acids is 1. The Kier molecular flexibility index (Phi) is 5.67. The number of aromatic nitrogens is 2. The highest BCUT2D eigenvalue weighted by Crippen LogP contribution is 2.24. The molecule has 1 aromatic carbocycles. The van der Waals surface area contributed by atoms with Gasteiger partial charge in [0.2, 0.25) is 0 Å². The second-order valence-corrected chi connectivity index (χ2v) is 6.05. The van der Waals surface area contributed by atoms with Crippen molar-refractivity contribution in [1.29, 1.82) is 0 Å². The Morgan fingerprint density at radius 2 is 2.08 bits per heavy atom. The van der Waals surface area contributed by atoms with Crippen LogP contribution in [-0.2, 0) is 4.74 Å². The first-order chi connectivity index (χ1) is 12.2. The molecule has 2 heterocycles. The highest BCUT2D eigenvalue weighted by Gasteiger charge is 2.21. The lowest BCUT2D eigenvalue weighted by Gasteiger charge is -2.23. The Morgan fingerprint density at radius 1 is 1.36 bits per heavy atom. The Labute approximate surface area is 147 Å². The van der Waals surface area contributed by atoms with Crippen LogP contribution in [0.3, 0.4) is 0 Å². The molecule has 3 rings (SSSR count). The highest BCUT2D eigenvalue weighted by molar-refractivity contribution is 6.04. The number of amides is 1. The third kappa shape index (κ3) is 4.18. The minimum Gasteiger partial charge on any atom is -0.492 e. The van der Waals surface area contributed by atoms with Gasteiger partial charge in [0.25, 0.3) is 5.91 Å². The quantitative estimate of drug-likeness (QED) is 0.838. The van der Waals surface area contributed by atoms with Crippen LogP contribution < -0.4 is 15.8 Å². The number of nitrogens with two attached hydrogens (primary N) is 1. The van der Waals surface area contributed by atoms with Gasteiger partial charge in [-0.3, -0.25) is 9.48 Å². The van der Waals surface area contributed by atoms with Gasteiger partial charge in [0, 0.05) is 31.1 Å². The monoisotopic (exact) mass is 344 g/mol. The number of ether oxygens (including phenoxy) is 2. The van der Waals surface area contributed by atoms with Crippen molar-refractivity contribution in [3.8, 4) is 5.75 Å². The van der Waals surface area contributed by atoms with E-state index < -0.39 is 0 Å². The van der Waals surface area contributed by atoms with Crippen LogP contribution >= 0.6 is 0 Å².